The van der Waals surface area contributed by atoms with Crippen LogP contribution in [0.2, 0.25) is 0 Å². The van der Waals surface area contributed by atoms with Gasteiger partial charge < -0.3 is 4.90 Å². The molecular weight excluding hydrogens is 224 g/mol. The van der Waals surface area contributed by atoms with Crippen LogP contribution in [0.15, 0.2) is 18.2 Å². The number of aryl methyl sites for hydroxylation is 2. The Labute approximate surface area is 110 Å². The van der Waals surface area contributed by atoms with E-state index in [-0.39, 0.29) is 6.10 Å². The first-order valence-corrected chi connectivity index (χ1v) is 7.01. The molecule has 1 fully saturated rings. The molecule has 2 rings (SSSR count). The number of benzene rings is 1. The average Bonchev–Trinajstić information content (AvgIpc) is 2.46. The predicted octanol–water partition coefficient (Wildman–Crippen LogP) is 2.67. The monoisotopic (exact) mass is 248 g/mol. The molecule has 3 heteroatoms. The summed E-state index contributed by atoms with van der Waals surface area (Å²) in [5, 5.41) is 0. The topological polar surface area (TPSA) is 38.5 Å². The van der Waals surface area contributed by atoms with Crippen molar-refractivity contribution in [3.63, 3.8) is 0 Å². The van der Waals surface area contributed by atoms with Gasteiger partial charge in [0, 0.05) is 18.8 Å². The molecule has 0 bridgehead atoms. The number of nitrogens with two attached hydrogens (primary N) is 1. The molecule has 0 radical (unpaired) electrons. The lowest BCUT2D eigenvalue weighted by Crippen LogP contribution is -2.41. The maximum Gasteiger partial charge on any atom is 0.0962 e. The Morgan fingerprint density at radius 2 is 1.94 bits per heavy atom. The molecule has 0 aromatic heterocycles. The molecule has 100 valence electrons. The van der Waals surface area contributed by atoms with E-state index in [2.05, 4.69) is 36.9 Å². The van der Waals surface area contributed by atoms with Crippen molar-refractivity contribution in [3.8, 4) is 0 Å². The molecule has 3 nitrogen and oxygen atoms in total. The van der Waals surface area contributed by atoms with E-state index >= 15 is 0 Å². The number of hydrogen-bond acceptors (Lipinski definition) is 3. The number of rotatable bonds is 4. The van der Waals surface area contributed by atoms with Crippen molar-refractivity contribution in [1.29, 1.82) is 0 Å². The zero-order chi connectivity index (χ0) is 13.0. The van der Waals surface area contributed by atoms with E-state index in [1.54, 1.807) is 0 Å². The highest BCUT2D eigenvalue weighted by molar-refractivity contribution is 5.60. The van der Waals surface area contributed by atoms with Crippen molar-refractivity contribution in [3.05, 3.63) is 29.3 Å². The van der Waals surface area contributed by atoms with Crippen molar-refractivity contribution < 1.29 is 4.84 Å². The van der Waals surface area contributed by atoms with Crippen LogP contribution in [0.1, 0.15) is 37.8 Å². The van der Waals surface area contributed by atoms with Gasteiger partial charge in [-0.05, 0) is 36.8 Å². The third-order valence-corrected chi connectivity index (χ3v) is 3.85. The third kappa shape index (κ3) is 2.68. The molecule has 1 unspecified atom stereocenters. The number of para-hydroxylation sites is 1. The summed E-state index contributed by atoms with van der Waals surface area (Å²) in [6.45, 7) is 6.47. The van der Waals surface area contributed by atoms with Crippen LogP contribution in [-0.2, 0) is 17.7 Å². The van der Waals surface area contributed by atoms with Crippen LogP contribution < -0.4 is 10.8 Å². The van der Waals surface area contributed by atoms with Crippen LogP contribution in [0.4, 0.5) is 5.69 Å². The highest BCUT2D eigenvalue weighted by Gasteiger charge is 2.23. The van der Waals surface area contributed by atoms with Gasteiger partial charge in [-0.2, -0.15) is 0 Å². The van der Waals surface area contributed by atoms with Gasteiger partial charge in [-0.15, -0.1) is 0 Å². The van der Waals surface area contributed by atoms with Crippen LogP contribution >= 0.6 is 0 Å². The molecule has 1 heterocycles. The van der Waals surface area contributed by atoms with E-state index in [1.165, 1.54) is 16.8 Å². The summed E-state index contributed by atoms with van der Waals surface area (Å²) in [5.74, 6) is 5.36. The molecule has 0 aliphatic carbocycles. The third-order valence-electron chi connectivity index (χ3n) is 3.85. The van der Waals surface area contributed by atoms with E-state index in [0.29, 0.717) is 0 Å². The van der Waals surface area contributed by atoms with Gasteiger partial charge in [-0.25, -0.2) is 5.90 Å². The van der Waals surface area contributed by atoms with Gasteiger partial charge in [-0.1, -0.05) is 32.0 Å². The fourth-order valence-corrected chi connectivity index (χ4v) is 2.87. The highest BCUT2D eigenvalue weighted by Crippen LogP contribution is 2.29. The Morgan fingerprint density at radius 3 is 2.50 bits per heavy atom. The molecule has 0 spiro atoms. The summed E-state index contributed by atoms with van der Waals surface area (Å²) in [6, 6.07) is 6.64. The summed E-state index contributed by atoms with van der Waals surface area (Å²) in [7, 11) is 0. The van der Waals surface area contributed by atoms with Gasteiger partial charge in [0.1, 0.15) is 0 Å². The highest BCUT2D eigenvalue weighted by atomic mass is 16.6. The number of piperidine rings is 1. The average molecular weight is 248 g/mol. The molecule has 1 aromatic rings. The number of nitrogens with zero attached hydrogens (tertiary/aromatic N) is 1. The van der Waals surface area contributed by atoms with E-state index < -0.39 is 0 Å². The lowest BCUT2D eigenvalue weighted by Gasteiger charge is -2.35. The van der Waals surface area contributed by atoms with Crippen LogP contribution in [-0.4, -0.2) is 19.2 Å². The smallest absolute Gasteiger partial charge is 0.0962 e. The maximum absolute atomic E-state index is 5.36. The van der Waals surface area contributed by atoms with Crippen LogP contribution in [0.3, 0.4) is 0 Å². The lowest BCUT2D eigenvalue weighted by atomic mass is 9.99. The van der Waals surface area contributed by atoms with Crippen molar-refractivity contribution in [2.75, 3.05) is 18.0 Å². The lowest BCUT2D eigenvalue weighted by molar-refractivity contribution is 0.0434. The predicted molar refractivity (Wildman–Crippen MR) is 75.7 cm³/mol. The van der Waals surface area contributed by atoms with Gasteiger partial charge in [0.05, 0.1) is 6.10 Å². The first kappa shape index (κ1) is 13.4. The summed E-state index contributed by atoms with van der Waals surface area (Å²) >= 11 is 0. The second kappa shape index (κ2) is 6.21. The van der Waals surface area contributed by atoms with Gasteiger partial charge in [0.2, 0.25) is 0 Å². The summed E-state index contributed by atoms with van der Waals surface area (Å²) in [5.41, 5.74) is 4.29. The molecule has 18 heavy (non-hydrogen) atoms. The Bertz CT molecular complexity index is 370. The van der Waals surface area contributed by atoms with Gasteiger partial charge in [0.15, 0.2) is 0 Å². The summed E-state index contributed by atoms with van der Waals surface area (Å²) in [4.78, 5) is 7.51. The Morgan fingerprint density at radius 1 is 1.28 bits per heavy atom. The van der Waals surface area contributed by atoms with E-state index in [1.807, 2.05) is 0 Å². The van der Waals surface area contributed by atoms with Gasteiger partial charge in [-0.3, -0.25) is 4.84 Å². The fourth-order valence-electron chi connectivity index (χ4n) is 2.87. The van der Waals surface area contributed by atoms with Gasteiger partial charge >= 0.3 is 0 Å². The second-order valence-electron chi connectivity index (χ2n) is 4.98. The fraction of sp³-hybridized carbons (Fsp3) is 0.600. The minimum atomic E-state index is 0.174. The number of anilines is 1. The van der Waals surface area contributed by atoms with Crippen LogP contribution in [0.25, 0.3) is 0 Å². The summed E-state index contributed by atoms with van der Waals surface area (Å²) in [6.07, 6.45) is 4.56. The zero-order valence-electron chi connectivity index (χ0n) is 11.5. The van der Waals surface area contributed by atoms with Crippen molar-refractivity contribution in [2.45, 2.75) is 45.6 Å². The van der Waals surface area contributed by atoms with E-state index in [4.69, 9.17) is 10.7 Å². The molecule has 1 aliphatic rings. The first-order valence-electron chi connectivity index (χ1n) is 7.01. The van der Waals surface area contributed by atoms with Crippen molar-refractivity contribution in [2.24, 2.45) is 5.90 Å². The zero-order valence-corrected chi connectivity index (χ0v) is 11.5. The van der Waals surface area contributed by atoms with Crippen molar-refractivity contribution >= 4 is 5.69 Å². The second-order valence-corrected chi connectivity index (χ2v) is 4.98. The quantitative estimate of drug-likeness (QED) is 0.833. The van der Waals surface area contributed by atoms with Crippen molar-refractivity contribution in [1.82, 2.24) is 0 Å². The Kier molecular flexibility index (Phi) is 4.61. The number of hydrogen-bond donors (Lipinski definition) is 1. The first-order chi connectivity index (χ1) is 8.80. The molecule has 1 aromatic carbocycles. The Hall–Kier alpha value is -1.06. The standard InChI is InChI=1S/C15H24N2O/c1-3-12-7-5-8-13(4-2)15(12)17-10-6-9-14(11-17)18-16/h5,7-8,14H,3-4,6,9-11,16H2,1-2H3. The molecule has 1 saturated heterocycles. The SMILES string of the molecule is CCc1cccc(CC)c1N1CCCC(ON)C1. The molecular formula is C15H24N2O. The molecule has 1 aliphatic heterocycles. The van der Waals surface area contributed by atoms with E-state index in [9.17, 15) is 0 Å². The minimum Gasteiger partial charge on any atom is -0.368 e. The molecule has 0 amide bonds. The van der Waals surface area contributed by atoms with Gasteiger partial charge in [0.25, 0.3) is 0 Å². The van der Waals surface area contributed by atoms with E-state index in [0.717, 1.165) is 38.8 Å². The minimum absolute atomic E-state index is 0.174. The largest absolute Gasteiger partial charge is 0.368 e. The summed E-state index contributed by atoms with van der Waals surface area (Å²) < 4.78 is 0. The maximum atomic E-state index is 5.36. The molecule has 1 atom stereocenters. The Balaban J connectivity index is 2.30. The van der Waals surface area contributed by atoms with Crippen LogP contribution in [0, 0.1) is 0 Å². The van der Waals surface area contributed by atoms with Crippen LogP contribution in [0.5, 0.6) is 0 Å². The molecule has 0 saturated carbocycles. The normalized spacial score (nSPS) is 20.2. The molecule has 2 N–H and O–H groups in total.